The zero-order valence-corrected chi connectivity index (χ0v) is 39.8. The molecule has 3 aliphatic heterocycles. The summed E-state index contributed by atoms with van der Waals surface area (Å²) in [5.41, 5.74) is 17.5. The molecule has 4 aromatic carbocycles. The summed E-state index contributed by atoms with van der Waals surface area (Å²) in [4.78, 5) is 64.4. The number of rotatable bonds is 15. The van der Waals surface area contributed by atoms with Crippen molar-refractivity contribution in [3.05, 3.63) is 125 Å². The molecular weight excluding hydrogens is 994 g/mol. The number of halogens is 5. The lowest BCUT2D eigenvalue weighted by Gasteiger charge is -2.51. The first kappa shape index (κ1) is 53.6. The summed E-state index contributed by atoms with van der Waals surface area (Å²) in [7, 11) is 0. The average molecular weight is 1040 g/mol. The van der Waals surface area contributed by atoms with Gasteiger partial charge in [0.25, 0.3) is 0 Å². The number of alkyl carbamates (subject to hydrolysis) is 1. The van der Waals surface area contributed by atoms with Gasteiger partial charge in [-0.2, -0.15) is 8.78 Å². The number of nitrogens with two attached hydrogens (primary N) is 2. The molecule has 0 saturated carbocycles. The van der Waals surface area contributed by atoms with Gasteiger partial charge in [-0.1, -0.05) is 78.9 Å². The van der Waals surface area contributed by atoms with Gasteiger partial charge >= 0.3 is 30.0 Å². The minimum absolute atomic E-state index is 0.244. The van der Waals surface area contributed by atoms with Crippen LogP contribution in [0.4, 0.5) is 26.7 Å². The average Bonchev–Trinajstić information content (AvgIpc) is 3.70. The number of nitrogens with one attached hydrogen (secondary N) is 1. The second-order valence-corrected chi connectivity index (χ2v) is 17.6. The van der Waals surface area contributed by atoms with E-state index in [9.17, 15) is 45.9 Å². The van der Waals surface area contributed by atoms with E-state index in [0.717, 1.165) is 49.9 Å². The molecule has 3 fully saturated rings. The number of ether oxygens (including phenoxy) is 11. The van der Waals surface area contributed by atoms with Crippen molar-refractivity contribution < 1.29 is 98.0 Å². The standard InChI is InChI=1S/C50H50F5N3O16/c1-21(40(46(62)72-43-36(54)34(52)33(51)35(53)37(43)55)58-50(63)66-18-30-28-16-10-8-14-26(28)27-15-9-11-17-29(27)30)67-48-39(57)45(42-32(70-48)20-65-47(73-42)25-12-6-5-7-13-25)74-49-38(56)44(69-24(4)61)41(68-23(3)60)31(71-49)19-64-22(2)59/h5-17,21,30-32,38-42,44-45,47-49H,18-20,56-57H2,1-4H3,(H,58,63)/t21-,31-,32-,38-,39-,40+,41-,42+,44-,45-,47+,48+,49+/m1/s1. The van der Waals surface area contributed by atoms with Crippen LogP contribution in [0.3, 0.4) is 0 Å². The second kappa shape index (κ2) is 22.9. The van der Waals surface area contributed by atoms with Crippen LogP contribution in [0.2, 0.25) is 0 Å². The van der Waals surface area contributed by atoms with Crippen molar-refractivity contribution in [1.29, 1.82) is 0 Å². The predicted molar refractivity (Wildman–Crippen MR) is 240 cm³/mol. The van der Waals surface area contributed by atoms with E-state index < -0.39 is 157 Å². The molecule has 3 heterocycles. The van der Waals surface area contributed by atoms with E-state index >= 15 is 0 Å². The van der Waals surface area contributed by atoms with Crippen LogP contribution in [0.25, 0.3) is 11.1 Å². The molecule has 74 heavy (non-hydrogen) atoms. The monoisotopic (exact) mass is 1040 g/mol. The van der Waals surface area contributed by atoms with Crippen LogP contribution >= 0.6 is 0 Å². The zero-order valence-electron chi connectivity index (χ0n) is 39.8. The third-order valence-electron chi connectivity index (χ3n) is 12.6. The van der Waals surface area contributed by atoms with Gasteiger partial charge in [-0.05, 0) is 29.2 Å². The Hall–Kier alpha value is -6.64. The Kier molecular flexibility index (Phi) is 16.6. The SMILES string of the molecule is CC(=O)OC[C@H]1O[C@@H](O[C@@H]2[C@@H](N)[C@@H](O[C@H](C)[C@H](NC(=O)OCC3c4ccccc4-c4ccccc43)C(=O)Oc3c(F)c(F)c(F)c(F)c3F)O[C@@H]3CO[C@H](c4ccccc4)O[C@H]23)[C@H](N)[C@@H](OC(C)=O)[C@@H]1OC(C)=O. The summed E-state index contributed by atoms with van der Waals surface area (Å²) in [6, 6.07) is 18.2. The largest absolute Gasteiger partial charge is 0.463 e. The Morgan fingerprint density at radius 3 is 1.84 bits per heavy atom. The Morgan fingerprint density at radius 1 is 0.662 bits per heavy atom. The smallest absolute Gasteiger partial charge is 0.407 e. The van der Waals surface area contributed by atoms with Crippen molar-refractivity contribution in [2.75, 3.05) is 19.8 Å². The van der Waals surface area contributed by atoms with Gasteiger partial charge in [0.2, 0.25) is 34.8 Å². The highest BCUT2D eigenvalue weighted by molar-refractivity contribution is 5.84. The lowest BCUT2D eigenvalue weighted by Crippen LogP contribution is -2.70. The Bertz CT molecular complexity index is 2670. The van der Waals surface area contributed by atoms with Crippen molar-refractivity contribution in [2.45, 2.75) is 113 Å². The summed E-state index contributed by atoms with van der Waals surface area (Å²) >= 11 is 0. The zero-order chi connectivity index (χ0) is 53.1. The second-order valence-electron chi connectivity index (χ2n) is 17.6. The molecule has 1 aliphatic carbocycles. The molecule has 24 heteroatoms. The van der Waals surface area contributed by atoms with Gasteiger partial charge in [0, 0.05) is 32.3 Å². The molecule has 396 valence electrons. The lowest BCUT2D eigenvalue weighted by atomic mass is 9.94. The molecule has 8 rings (SSSR count). The molecule has 13 atom stereocenters. The molecule has 0 aromatic heterocycles. The van der Waals surface area contributed by atoms with Crippen LogP contribution in [0.15, 0.2) is 78.9 Å². The van der Waals surface area contributed by atoms with E-state index in [1.165, 1.54) is 0 Å². The van der Waals surface area contributed by atoms with Gasteiger partial charge in [0.05, 0.1) is 24.8 Å². The maximum atomic E-state index is 15.0. The van der Waals surface area contributed by atoms with Gasteiger partial charge in [-0.15, -0.1) is 0 Å². The lowest BCUT2D eigenvalue weighted by molar-refractivity contribution is -0.371. The molecule has 4 aromatic rings. The molecule has 0 unspecified atom stereocenters. The first-order valence-corrected chi connectivity index (χ1v) is 23.1. The van der Waals surface area contributed by atoms with E-state index in [4.69, 9.17) is 63.6 Å². The van der Waals surface area contributed by atoms with Gasteiger partial charge in [-0.25, -0.2) is 22.8 Å². The fourth-order valence-corrected chi connectivity index (χ4v) is 9.14. The number of benzene rings is 4. The first-order chi connectivity index (χ1) is 35.3. The highest BCUT2D eigenvalue weighted by Crippen LogP contribution is 2.45. The topological polar surface area (TPSA) is 251 Å². The van der Waals surface area contributed by atoms with Gasteiger partial charge in [0.1, 0.15) is 37.6 Å². The molecule has 5 N–H and O–H groups in total. The summed E-state index contributed by atoms with van der Waals surface area (Å²) in [5, 5.41) is 2.22. The summed E-state index contributed by atoms with van der Waals surface area (Å²) in [5.74, 6) is -19.1. The van der Waals surface area contributed by atoms with Crippen LogP contribution in [-0.4, -0.2) is 123 Å². The first-order valence-electron chi connectivity index (χ1n) is 23.1. The Morgan fingerprint density at radius 2 is 1.23 bits per heavy atom. The molecule has 19 nitrogen and oxygen atoms in total. The van der Waals surface area contributed by atoms with E-state index in [-0.39, 0.29) is 13.2 Å². The van der Waals surface area contributed by atoms with Crippen molar-refractivity contribution in [1.82, 2.24) is 5.32 Å². The quantitative estimate of drug-likeness (QED) is 0.0367. The predicted octanol–water partition coefficient (Wildman–Crippen LogP) is 4.63. The molecule has 3 saturated heterocycles. The van der Waals surface area contributed by atoms with E-state index in [2.05, 4.69) is 5.32 Å². The number of hydrogen-bond donors (Lipinski definition) is 3. The fourth-order valence-electron chi connectivity index (χ4n) is 9.14. The molecule has 4 aliphatic rings. The number of esters is 4. The minimum Gasteiger partial charge on any atom is -0.463 e. The normalized spacial score (nSPS) is 27.0. The summed E-state index contributed by atoms with van der Waals surface area (Å²) < 4.78 is 137. The van der Waals surface area contributed by atoms with Crippen LogP contribution in [0, 0.1) is 29.1 Å². The summed E-state index contributed by atoms with van der Waals surface area (Å²) in [6.45, 7) is 3.32. The molecule has 0 bridgehead atoms. The van der Waals surface area contributed by atoms with Crippen LogP contribution in [-0.2, 0) is 66.5 Å². The maximum absolute atomic E-state index is 15.0. The number of amides is 1. The van der Waals surface area contributed by atoms with Crippen molar-refractivity contribution in [2.24, 2.45) is 11.5 Å². The molecule has 0 radical (unpaired) electrons. The van der Waals surface area contributed by atoms with Gasteiger partial charge < -0.3 is 68.9 Å². The number of hydrogen-bond acceptors (Lipinski definition) is 18. The number of carbonyl (C=O) groups is 5. The van der Waals surface area contributed by atoms with Gasteiger partial charge in [-0.3, -0.25) is 14.4 Å². The minimum atomic E-state index is -2.53. The van der Waals surface area contributed by atoms with E-state index in [1.807, 2.05) is 36.4 Å². The van der Waals surface area contributed by atoms with Crippen LogP contribution < -0.4 is 21.5 Å². The number of carbonyl (C=O) groups excluding carboxylic acids is 5. The van der Waals surface area contributed by atoms with Crippen molar-refractivity contribution >= 4 is 30.0 Å². The summed E-state index contributed by atoms with van der Waals surface area (Å²) in [6.07, 6.45) is -15.5. The fraction of sp³-hybridized carbons (Fsp3) is 0.420. The highest BCUT2D eigenvalue weighted by atomic mass is 19.2. The van der Waals surface area contributed by atoms with E-state index in [1.54, 1.807) is 42.5 Å². The van der Waals surface area contributed by atoms with Crippen LogP contribution in [0.1, 0.15) is 56.6 Å². The molecular formula is C50H50F5N3O16. The molecule has 1 amide bonds. The van der Waals surface area contributed by atoms with Crippen molar-refractivity contribution in [3.8, 4) is 16.9 Å². The third kappa shape index (κ3) is 11.4. The maximum Gasteiger partial charge on any atom is 0.407 e. The van der Waals surface area contributed by atoms with E-state index in [0.29, 0.717) is 5.56 Å². The van der Waals surface area contributed by atoms with Crippen molar-refractivity contribution in [3.63, 3.8) is 0 Å². The number of fused-ring (bicyclic) bond motifs is 4. The molecule has 0 spiro atoms. The highest BCUT2D eigenvalue weighted by Gasteiger charge is 2.55. The Labute approximate surface area is 418 Å². The Balaban J connectivity index is 1.09. The van der Waals surface area contributed by atoms with Gasteiger partial charge in [0.15, 0.2) is 37.1 Å². The third-order valence-corrected chi connectivity index (χ3v) is 12.6. The van der Waals surface area contributed by atoms with Crippen LogP contribution in [0.5, 0.6) is 5.75 Å².